The van der Waals surface area contributed by atoms with Gasteiger partial charge in [-0.1, -0.05) is 30.3 Å². The second-order valence-corrected chi connectivity index (χ2v) is 7.25. The van der Waals surface area contributed by atoms with Gasteiger partial charge in [0.15, 0.2) is 11.5 Å². The summed E-state index contributed by atoms with van der Waals surface area (Å²) in [7, 11) is 3.09. The van der Waals surface area contributed by atoms with E-state index >= 15 is 0 Å². The summed E-state index contributed by atoms with van der Waals surface area (Å²) in [5, 5.41) is 5.59. The van der Waals surface area contributed by atoms with Crippen LogP contribution < -0.4 is 20.1 Å². The van der Waals surface area contributed by atoms with Crippen LogP contribution >= 0.6 is 0 Å². The summed E-state index contributed by atoms with van der Waals surface area (Å²) < 4.78 is 10.6. The van der Waals surface area contributed by atoms with Gasteiger partial charge in [-0.3, -0.25) is 9.59 Å². The fraction of sp³-hybridized carbons (Fsp3) is 0.154. The third kappa shape index (κ3) is 5.55. The maximum absolute atomic E-state index is 13.1. The zero-order valence-electron chi connectivity index (χ0n) is 18.6. The highest BCUT2D eigenvalue weighted by molar-refractivity contribution is 6.10. The lowest BCUT2D eigenvalue weighted by atomic mass is 10.1. The van der Waals surface area contributed by atoms with Crippen LogP contribution in [-0.2, 0) is 4.79 Å². The predicted octanol–water partition coefficient (Wildman–Crippen LogP) is 4.73. The first-order valence-corrected chi connectivity index (χ1v) is 10.1. The molecule has 0 fully saturated rings. The van der Waals surface area contributed by atoms with Gasteiger partial charge in [0.25, 0.3) is 11.8 Å². The SMILES string of the molecule is COc1ccc(/C=C(/NC(=O)c2ccccc2)C(=O)Nc2ccc(C)c(C)c2)cc1OC. The van der Waals surface area contributed by atoms with Gasteiger partial charge >= 0.3 is 0 Å². The van der Waals surface area contributed by atoms with E-state index < -0.39 is 5.91 Å². The molecule has 0 bridgehead atoms. The molecular weight excluding hydrogens is 404 g/mol. The Morgan fingerprint density at radius 1 is 0.812 bits per heavy atom. The zero-order chi connectivity index (χ0) is 23.1. The normalized spacial score (nSPS) is 10.9. The van der Waals surface area contributed by atoms with Crippen molar-refractivity contribution in [2.24, 2.45) is 0 Å². The van der Waals surface area contributed by atoms with E-state index in [1.54, 1.807) is 55.7 Å². The highest BCUT2D eigenvalue weighted by Crippen LogP contribution is 2.28. The highest BCUT2D eigenvalue weighted by Gasteiger charge is 2.16. The van der Waals surface area contributed by atoms with E-state index in [2.05, 4.69) is 10.6 Å². The average Bonchev–Trinajstić information content (AvgIpc) is 2.81. The summed E-state index contributed by atoms with van der Waals surface area (Å²) >= 11 is 0. The average molecular weight is 431 g/mol. The maximum atomic E-state index is 13.1. The monoisotopic (exact) mass is 430 g/mol. The molecular formula is C26H26N2O4. The van der Waals surface area contributed by atoms with Crippen molar-refractivity contribution in [2.75, 3.05) is 19.5 Å². The minimum atomic E-state index is -0.438. The number of anilines is 1. The fourth-order valence-electron chi connectivity index (χ4n) is 3.07. The molecule has 2 N–H and O–H groups in total. The number of benzene rings is 3. The van der Waals surface area contributed by atoms with Crippen molar-refractivity contribution in [1.82, 2.24) is 5.32 Å². The summed E-state index contributed by atoms with van der Waals surface area (Å²) in [6.07, 6.45) is 1.60. The summed E-state index contributed by atoms with van der Waals surface area (Å²) in [5.74, 6) is 0.267. The second kappa shape index (κ2) is 10.3. The molecule has 2 amide bonds. The number of hydrogen-bond donors (Lipinski definition) is 2. The minimum absolute atomic E-state index is 0.101. The number of carbonyl (C=O) groups is 2. The van der Waals surface area contributed by atoms with Crippen LogP contribution in [0.15, 0.2) is 72.4 Å². The minimum Gasteiger partial charge on any atom is -0.493 e. The molecule has 0 spiro atoms. The summed E-state index contributed by atoms with van der Waals surface area (Å²) in [4.78, 5) is 25.9. The molecule has 0 aliphatic heterocycles. The number of ether oxygens (including phenoxy) is 2. The Bertz CT molecular complexity index is 1150. The van der Waals surface area contributed by atoms with Gasteiger partial charge in [-0.15, -0.1) is 0 Å². The van der Waals surface area contributed by atoms with Crippen molar-refractivity contribution < 1.29 is 19.1 Å². The third-order valence-corrected chi connectivity index (χ3v) is 5.01. The van der Waals surface area contributed by atoms with E-state index in [1.165, 1.54) is 7.11 Å². The largest absolute Gasteiger partial charge is 0.493 e. The van der Waals surface area contributed by atoms with Crippen molar-refractivity contribution in [1.29, 1.82) is 0 Å². The van der Waals surface area contributed by atoms with Gasteiger partial charge in [-0.25, -0.2) is 0 Å². The number of nitrogens with one attached hydrogen (secondary N) is 2. The van der Waals surface area contributed by atoms with Gasteiger partial charge in [0, 0.05) is 11.3 Å². The topological polar surface area (TPSA) is 76.7 Å². The van der Waals surface area contributed by atoms with Gasteiger partial charge in [-0.2, -0.15) is 0 Å². The van der Waals surface area contributed by atoms with Crippen LogP contribution in [0.5, 0.6) is 11.5 Å². The highest BCUT2D eigenvalue weighted by atomic mass is 16.5. The van der Waals surface area contributed by atoms with Gasteiger partial charge < -0.3 is 20.1 Å². The number of aryl methyl sites for hydroxylation is 2. The first kappa shape index (κ1) is 22.6. The van der Waals surface area contributed by atoms with Crippen molar-refractivity contribution in [3.8, 4) is 11.5 Å². The van der Waals surface area contributed by atoms with Gasteiger partial charge in [-0.05, 0) is 73.0 Å². The van der Waals surface area contributed by atoms with E-state index in [1.807, 2.05) is 38.1 Å². The van der Waals surface area contributed by atoms with E-state index in [-0.39, 0.29) is 11.6 Å². The smallest absolute Gasteiger partial charge is 0.272 e. The number of carbonyl (C=O) groups excluding carboxylic acids is 2. The molecule has 164 valence electrons. The zero-order valence-corrected chi connectivity index (χ0v) is 18.6. The Morgan fingerprint density at radius 3 is 2.19 bits per heavy atom. The van der Waals surface area contributed by atoms with E-state index in [0.717, 1.165) is 11.1 Å². The van der Waals surface area contributed by atoms with Crippen molar-refractivity contribution in [3.05, 3.63) is 94.7 Å². The molecule has 32 heavy (non-hydrogen) atoms. The predicted molar refractivity (Wildman–Crippen MR) is 126 cm³/mol. The fourth-order valence-corrected chi connectivity index (χ4v) is 3.07. The van der Waals surface area contributed by atoms with Crippen molar-refractivity contribution >= 4 is 23.6 Å². The van der Waals surface area contributed by atoms with E-state index in [4.69, 9.17) is 9.47 Å². The summed E-state index contributed by atoms with van der Waals surface area (Å²) in [6.45, 7) is 3.98. The molecule has 0 atom stereocenters. The molecule has 6 heteroatoms. The number of hydrogen-bond acceptors (Lipinski definition) is 4. The molecule has 0 aliphatic carbocycles. The Labute approximate surface area is 187 Å². The molecule has 0 saturated carbocycles. The molecule has 0 radical (unpaired) electrons. The summed E-state index contributed by atoms with van der Waals surface area (Å²) in [6, 6.07) is 19.6. The van der Waals surface area contributed by atoms with Gasteiger partial charge in [0.05, 0.1) is 14.2 Å². The number of amides is 2. The Hall–Kier alpha value is -4.06. The third-order valence-electron chi connectivity index (χ3n) is 5.01. The second-order valence-electron chi connectivity index (χ2n) is 7.25. The Kier molecular flexibility index (Phi) is 7.29. The molecule has 0 saturated heterocycles. The molecule has 3 rings (SSSR count). The number of rotatable bonds is 7. The van der Waals surface area contributed by atoms with Crippen LogP contribution in [-0.4, -0.2) is 26.0 Å². The summed E-state index contributed by atoms with van der Waals surface area (Å²) in [5.41, 5.74) is 4.04. The van der Waals surface area contributed by atoms with Crippen LogP contribution in [0.1, 0.15) is 27.0 Å². The standard InChI is InChI=1S/C26H26N2O4/c1-17-10-12-21(14-18(17)2)27-26(30)22(28-25(29)20-8-6-5-7-9-20)15-19-11-13-23(31-3)24(16-19)32-4/h5-16H,1-4H3,(H,27,30)(H,28,29)/b22-15+. The van der Waals surface area contributed by atoms with E-state index in [9.17, 15) is 9.59 Å². The van der Waals surface area contributed by atoms with Crippen LogP contribution in [0.4, 0.5) is 5.69 Å². The first-order valence-electron chi connectivity index (χ1n) is 10.1. The number of methoxy groups -OCH3 is 2. The molecule has 0 unspecified atom stereocenters. The van der Waals surface area contributed by atoms with Crippen LogP contribution in [0.2, 0.25) is 0 Å². The lowest BCUT2D eigenvalue weighted by Gasteiger charge is -2.13. The van der Waals surface area contributed by atoms with E-state index in [0.29, 0.717) is 28.3 Å². The Morgan fingerprint density at radius 2 is 1.53 bits per heavy atom. The molecule has 6 nitrogen and oxygen atoms in total. The molecule has 0 heterocycles. The van der Waals surface area contributed by atoms with Crippen LogP contribution in [0, 0.1) is 13.8 Å². The van der Waals surface area contributed by atoms with Gasteiger partial charge in [0.2, 0.25) is 0 Å². The molecule has 3 aromatic rings. The first-order chi connectivity index (χ1) is 15.4. The molecule has 0 aromatic heterocycles. The molecule has 0 aliphatic rings. The van der Waals surface area contributed by atoms with Crippen LogP contribution in [0.25, 0.3) is 6.08 Å². The quantitative estimate of drug-likeness (QED) is 0.531. The lowest BCUT2D eigenvalue weighted by molar-refractivity contribution is -0.113. The van der Waals surface area contributed by atoms with Crippen LogP contribution in [0.3, 0.4) is 0 Å². The van der Waals surface area contributed by atoms with Crippen molar-refractivity contribution in [3.63, 3.8) is 0 Å². The Balaban J connectivity index is 1.94. The van der Waals surface area contributed by atoms with Crippen molar-refractivity contribution in [2.45, 2.75) is 13.8 Å². The maximum Gasteiger partial charge on any atom is 0.272 e. The lowest BCUT2D eigenvalue weighted by Crippen LogP contribution is -2.30. The molecule has 3 aromatic carbocycles. The van der Waals surface area contributed by atoms with Gasteiger partial charge in [0.1, 0.15) is 5.70 Å².